The van der Waals surface area contributed by atoms with Crippen molar-refractivity contribution >= 4 is 13.7 Å². The van der Waals surface area contributed by atoms with Gasteiger partial charge in [0, 0.05) is 17.8 Å². The minimum absolute atomic E-state index is 0.204. The van der Waals surface area contributed by atoms with Crippen LogP contribution in [-0.4, -0.2) is 49.6 Å². The Morgan fingerprint density at radius 3 is 2.58 bits per heavy atom. The lowest BCUT2D eigenvalue weighted by atomic mass is 10.1. The second-order valence-corrected chi connectivity index (χ2v) is 10.4. The van der Waals surface area contributed by atoms with E-state index < -0.39 is 55.5 Å². The van der Waals surface area contributed by atoms with Gasteiger partial charge in [-0.3, -0.25) is 23.7 Å². The van der Waals surface area contributed by atoms with E-state index in [1.807, 2.05) is 0 Å². The predicted molar refractivity (Wildman–Crippen MR) is 132 cm³/mol. The molecule has 36 heavy (non-hydrogen) atoms. The van der Waals surface area contributed by atoms with Gasteiger partial charge in [-0.1, -0.05) is 24.1 Å². The molecule has 11 nitrogen and oxygen atoms in total. The van der Waals surface area contributed by atoms with Crippen LogP contribution < -0.4 is 15.8 Å². The molecular weight excluding hydrogens is 489 g/mol. The number of benzene rings is 1. The summed E-state index contributed by atoms with van der Waals surface area (Å²) in [6.45, 7) is 5.75. The summed E-state index contributed by atoms with van der Waals surface area (Å²) in [7, 11) is -4.31. The molecule has 2 heterocycles. The van der Waals surface area contributed by atoms with E-state index in [9.17, 15) is 24.1 Å². The lowest BCUT2D eigenvalue weighted by Gasteiger charge is -2.36. The van der Waals surface area contributed by atoms with Gasteiger partial charge in [-0.15, -0.1) is 6.42 Å². The topological polar surface area (TPSA) is 140 Å². The molecule has 192 valence electrons. The second kappa shape index (κ2) is 10.7. The lowest BCUT2D eigenvalue weighted by Crippen LogP contribution is -2.44. The predicted octanol–water partition coefficient (Wildman–Crippen LogP) is 2.69. The van der Waals surface area contributed by atoms with Crippen molar-refractivity contribution in [1.82, 2.24) is 14.2 Å². The van der Waals surface area contributed by atoms with Crippen molar-refractivity contribution in [1.29, 1.82) is 0 Å². The highest BCUT2D eigenvalue weighted by molar-refractivity contribution is 7.51. The number of aromatic amines is 1. The summed E-state index contributed by atoms with van der Waals surface area (Å²) in [5.74, 6) is 1.43. The van der Waals surface area contributed by atoms with Crippen LogP contribution >= 0.6 is 7.75 Å². The zero-order valence-corrected chi connectivity index (χ0v) is 21.2. The summed E-state index contributed by atoms with van der Waals surface area (Å²) in [6, 6.07) is 6.41. The summed E-state index contributed by atoms with van der Waals surface area (Å²) in [6.07, 6.45) is 9.08. The minimum Gasteiger partial charge on any atom is -0.480 e. The maximum atomic E-state index is 14.1. The molecule has 0 unspecified atom stereocenters. The zero-order chi connectivity index (χ0) is 26.7. The van der Waals surface area contributed by atoms with Crippen LogP contribution in [0.3, 0.4) is 0 Å². The van der Waals surface area contributed by atoms with Crippen molar-refractivity contribution in [3.63, 3.8) is 0 Å². The van der Waals surface area contributed by atoms with Crippen LogP contribution in [0.15, 0.2) is 58.3 Å². The molecule has 0 fully saturated rings. The van der Waals surface area contributed by atoms with Gasteiger partial charge in [-0.25, -0.2) is 9.36 Å². The number of aryl methyl sites for hydroxylation is 1. The summed E-state index contributed by atoms with van der Waals surface area (Å²) in [4.78, 5) is 38.0. The van der Waals surface area contributed by atoms with Crippen molar-refractivity contribution < 1.29 is 28.3 Å². The number of carbonyl (C=O) groups is 1. The lowest BCUT2D eigenvalue weighted by molar-refractivity contribution is -0.141. The van der Waals surface area contributed by atoms with Crippen LogP contribution in [-0.2, 0) is 18.6 Å². The number of nitrogens with one attached hydrogen (secondary N) is 1. The highest BCUT2D eigenvalue weighted by Crippen LogP contribution is 2.55. The first-order chi connectivity index (χ1) is 16.9. The molecule has 0 saturated heterocycles. The van der Waals surface area contributed by atoms with Gasteiger partial charge in [0.25, 0.3) is 5.56 Å². The molecule has 0 saturated carbocycles. The normalized spacial score (nSPS) is 21.8. The number of aliphatic carboxylic acids is 1. The molecule has 2 N–H and O–H groups in total. The van der Waals surface area contributed by atoms with Crippen molar-refractivity contribution in [2.45, 2.75) is 51.6 Å². The molecule has 0 spiro atoms. The number of aromatic nitrogens is 2. The molecule has 0 aliphatic carbocycles. The number of carboxylic acids is 1. The third-order valence-electron chi connectivity index (χ3n) is 5.50. The molecule has 3 rings (SSSR count). The van der Waals surface area contributed by atoms with Gasteiger partial charge in [0.15, 0.2) is 11.8 Å². The number of rotatable bonds is 10. The molecule has 1 aromatic heterocycles. The first-order valence-corrected chi connectivity index (χ1v) is 12.6. The Hall–Kier alpha value is -3.42. The van der Waals surface area contributed by atoms with Crippen LogP contribution in [0.4, 0.5) is 0 Å². The Morgan fingerprint density at radius 1 is 1.33 bits per heavy atom. The number of carboxylic acid groups (broad SMARTS) is 1. The standard InChI is InChI=1S/C24H28N3O8P/c1-6-24(13-12-20(34-24)26-14-17(4)21(28)25-23(26)31)15-33-36(32,35-19-10-8-7-9-11-19)27(16(2)3)18(5)22(29)30/h1,7-14,16,18,20H,15H2,2-5H3,(H,29,30)(H,25,28,31)/t18-,20+,24-,36+/m0/s1. The molecule has 4 atom stereocenters. The third-order valence-corrected chi connectivity index (χ3v) is 7.77. The Morgan fingerprint density at radius 2 is 2.00 bits per heavy atom. The number of terminal acetylenes is 1. The number of nitrogens with zero attached hydrogens (tertiary/aromatic N) is 2. The maximum Gasteiger partial charge on any atom is 0.462 e. The summed E-state index contributed by atoms with van der Waals surface area (Å²) < 4.78 is 33.9. The monoisotopic (exact) mass is 517 g/mol. The second-order valence-electron chi connectivity index (χ2n) is 8.51. The van der Waals surface area contributed by atoms with Crippen molar-refractivity contribution in [2.75, 3.05) is 6.61 Å². The van der Waals surface area contributed by atoms with E-state index >= 15 is 0 Å². The van der Waals surface area contributed by atoms with Gasteiger partial charge in [0.1, 0.15) is 18.4 Å². The minimum atomic E-state index is -4.31. The molecule has 0 bridgehead atoms. The van der Waals surface area contributed by atoms with Crippen LogP contribution in [0.25, 0.3) is 0 Å². The molecule has 1 aromatic carbocycles. The smallest absolute Gasteiger partial charge is 0.462 e. The van der Waals surface area contributed by atoms with Crippen molar-refractivity contribution in [2.24, 2.45) is 0 Å². The van der Waals surface area contributed by atoms with Gasteiger partial charge in [-0.05, 0) is 52.0 Å². The number of ether oxygens (including phenoxy) is 1. The fraction of sp³-hybridized carbons (Fsp3) is 0.375. The third kappa shape index (κ3) is 5.69. The molecule has 1 aliphatic heterocycles. The van der Waals surface area contributed by atoms with E-state index in [1.165, 1.54) is 32.2 Å². The number of para-hydroxylation sites is 1. The van der Waals surface area contributed by atoms with Crippen LogP contribution in [0.5, 0.6) is 5.75 Å². The molecule has 1 aliphatic rings. The zero-order valence-electron chi connectivity index (χ0n) is 20.3. The first kappa shape index (κ1) is 27.2. The number of hydrogen-bond acceptors (Lipinski definition) is 7. The Balaban J connectivity index is 1.92. The van der Waals surface area contributed by atoms with Crippen LogP contribution in [0.1, 0.15) is 32.6 Å². The SMILES string of the molecule is C#C[C@@]1(CO[P@@](=O)(Oc2ccccc2)N(C(C)C)[C@@H](C)C(=O)O)C=C[C@H](n2cc(C)c(=O)[nH]c2=O)O1. The van der Waals surface area contributed by atoms with Crippen molar-refractivity contribution in [3.05, 3.63) is 75.1 Å². The van der Waals surface area contributed by atoms with Crippen molar-refractivity contribution in [3.8, 4) is 18.1 Å². The Labute approximate surface area is 207 Å². The summed E-state index contributed by atoms with van der Waals surface area (Å²) in [5.41, 5.74) is -2.49. The van der Waals surface area contributed by atoms with Gasteiger partial charge >= 0.3 is 19.4 Å². The van der Waals surface area contributed by atoms with Crippen LogP contribution in [0, 0.1) is 19.3 Å². The molecular formula is C24H28N3O8P. The fourth-order valence-corrected chi connectivity index (χ4v) is 5.76. The van der Waals surface area contributed by atoms with E-state index in [-0.39, 0.29) is 11.3 Å². The van der Waals surface area contributed by atoms with Gasteiger partial charge in [0.2, 0.25) is 0 Å². The molecule has 0 radical (unpaired) electrons. The molecule has 0 amide bonds. The highest BCUT2D eigenvalue weighted by Gasteiger charge is 2.46. The van der Waals surface area contributed by atoms with Gasteiger partial charge in [0.05, 0.1) is 0 Å². The van der Waals surface area contributed by atoms with Gasteiger partial charge < -0.3 is 14.4 Å². The quantitative estimate of drug-likeness (QED) is 0.277. The number of H-pyrrole nitrogens is 1. The molecule has 12 heteroatoms. The Bertz CT molecular complexity index is 1340. The maximum absolute atomic E-state index is 14.1. The number of hydrogen-bond donors (Lipinski definition) is 2. The largest absolute Gasteiger partial charge is 0.480 e. The van der Waals surface area contributed by atoms with E-state index in [0.29, 0.717) is 0 Å². The van der Waals surface area contributed by atoms with E-state index in [2.05, 4.69) is 10.9 Å². The molecule has 2 aromatic rings. The highest BCUT2D eigenvalue weighted by atomic mass is 31.2. The summed E-state index contributed by atoms with van der Waals surface area (Å²) in [5, 5.41) is 9.64. The Kier molecular flexibility index (Phi) is 8.06. The fourth-order valence-electron chi connectivity index (χ4n) is 3.65. The van der Waals surface area contributed by atoms with E-state index in [4.69, 9.17) is 20.2 Å². The van der Waals surface area contributed by atoms with E-state index in [0.717, 1.165) is 9.24 Å². The van der Waals surface area contributed by atoms with Gasteiger partial charge in [-0.2, -0.15) is 4.67 Å². The van der Waals surface area contributed by atoms with Crippen LogP contribution in [0.2, 0.25) is 0 Å². The average molecular weight is 517 g/mol. The first-order valence-electron chi connectivity index (χ1n) is 11.1. The van der Waals surface area contributed by atoms with E-state index in [1.54, 1.807) is 44.2 Å². The summed E-state index contributed by atoms with van der Waals surface area (Å²) >= 11 is 0. The average Bonchev–Trinajstić information content (AvgIpc) is 3.25.